The van der Waals surface area contributed by atoms with Gasteiger partial charge in [0.25, 0.3) is 11.5 Å². The van der Waals surface area contributed by atoms with Crippen molar-refractivity contribution in [3.8, 4) is 5.88 Å². The minimum atomic E-state index is -0.510. The highest BCUT2D eigenvalue weighted by Crippen LogP contribution is 2.34. The van der Waals surface area contributed by atoms with Crippen molar-refractivity contribution >= 4 is 34.3 Å². The fourth-order valence-electron chi connectivity index (χ4n) is 4.77. The monoisotopic (exact) mass is 519 g/mol. The summed E-state index contributed by atoms with van der Waals surface area (Å²) in [6.07, 6.45) is 3.93. The molecule has 2 aromatic heterocycles. The van der Waals surface area contributed by atoms with Gasteiger partial charge in [0, 0.05) is 69.0 Å². The largest absolute Gasteiger partial charge is 0.474 e. The molecule has 1 saturated heterocycles. The van der Waals surface area contributed by atoms with Crippen LogP contribution in [0.2, 0.25) is 0 Å². The quantitative estimate of drug-likeness (QED) is 0.304. The molecule has 0 atom stereocenters. The Morgan fingerprint density at radius 3 is 2.68 bits per heavy atom. The topological polar surface area (TPSA) is 135 Å². The molecule has 200 valence electrons. The van der Waals surface area contributed by atoms with E-state index < -0.39 is 11.5 Å². The summed E-state index contributed by atoms with van der Waals surface area (Å²) < 4.78 is 5.59. The Balaban J connectivity index is 1.27. The minimum Gasteiger partial charge on any atom is -0.474 e. The summed E-state index contributed by atoms with van der Waals surface area (Å²) >= 11 is 0. The van der Waals surface area contributed by atoms with Gasteiger partial charge in [0.05, 0.1) is 17.6 Å². The van der Waals surface area contributed by atoms with Crippen LogP contribution in [0.4, 0.5) is 28.4 Å². The Hall–Kier alpha value is -4.09. The third-order valence-corrected chi connectivity index (χ3v) is 6.90. The van der Waals surface area contributed by atoms with Gasteiger partial charge in [-0.3, -0.25) is 14.5 Å². The van der Waals surface area contributed by atoms with Gasteiger partial charge in [-0.1, -0.05) is 0 Å². The average molecular weight is 520 g/mol. The number of aliphatic hydroxyl groups excluding tert-OH is 1. The summed E-state index contributed by atoms with van der Waals surface area (Å²) in [6.45, 7) is 8.00. The SMILES string of the molecule is Cc1c(Nc2cc[nH]c(=O)c2C(=O)Nc2ccc(N3CCN(CCCO)CC3)cc2)cnc2c1NCCO2. The van der Waals surface area contributed by atoms with Crippen molar-refractivity contribution in [1.82, 2.24) is 14.9 Å². The lowest BCUT2D eigenvalue weighted by atomic mass is 10.1. The molecular formula is C27H33N7O4. The van der Waals surface area contributed by atoms with Crippen LogP contribution in [0, 0.1) is 6.92 Å². The lowest BCUT2D eigenvalue weighted by Gasteiger charge is -2.36. The zero-order valence-electron chi connectivity index (χ0n) is 21.4. The number of rotatable bonds is 8. The summed E-state index contributed by atoms with van der Waals surface area (Å²) in [4.78, 5) is 37.5. The van der Waals surface area contributed by atoms with E-state index in [1.807, 2.05) is 31.2 Å². The van der Waals surface area contributed by atoms with E-state index in [-0.39, 0.29) is 12.2 Å². The molecule has 5 rings (SSSR count). The molecule has 0 spiro atoms. The van der Waals surface area contributed by atoms with Gasteiger partial charge in [-0.05, 0) is 43.7 Å². The second-order valence-corrected chi connectivity index (χ2v) is 9.38. The van der Waals surface area contributed by atoms with Crippen molar-refractivity contribution in [1.29, 1.82) is 0 Å². The van der Waals surface area contributed by atoms with Crippen LogP contribution in [0.1, 0.15) is 22.3 Å². The second kappa shape index (κ2) is 11.5. The molecule has 11 heteroatoms. The van der Waals surface area contributed by atoms with Gasteiger partial charge in [0.1, 0.15) is 17.9 Å². The number of amides is 1. The van der Waals surface area contributed by atoms with Crippen LogP contribution in [-0.2, 0) is 0 Å². The molecule has 0 aliphatic carbocycles. The maximum atomic E-state index is 13.2. The van der Waals surface area contributed by atoms with Gasteiger partial charge in [0.15, 0.2) is 0 Å². The van der Waals surface area contributed by atoms with Crippen molar-refractivity contribution in [2.75, 3.05) is 73.3 Å². The van der Waals surface area contributed by atoms with Crippen molar-refractivity contribution in [2.45, 2.75) is 13.3 Å². The molecule has 0 unspecified atom stereocenters. The molecule has 0 radical (unpaired) electrons. The van der Waals surface area contributed by atoms with Gasteiger partial charge in [0.2, 0.25) is 5.88 Å². The Morgan fingerprint density at radius 1 is 1.13 bits per heavy atom. The van der Waals surface area contributed by atoms with E-state index in [0.29, 0.717) is 36.1 Å². The summed E-state index contributed by atoms with van der Waals surface area (Å²) in [7, 11) is 0. The Kier molecular flexibility index (Phi) is 7.75. The molecule has 0 saturated carbocycles. The van der Waals surface area contributed by atoms with Gasteiger partial charge in [-0.25, -0.2) is 4.98 Å². The number of piperazine rings is 1. The highest BCUT2D eigenvalue weighted by atomic mass is 16.5. The Bertz CT molecular complexity index is 1330. The smallest absolute Gasteiger partial charge is 0.263 e. The maximum absolute atomic E-state index is 13.2. The van der Waals surface area contributed by atoms with Crippen molar-refractivity contribution in [2.24, 2.45) is 0 Å². The van der Waals surface area contributed by atoms with E-state index in [2.05, 4.69) is 35.7 Å². The van der Waals surface area contributed by atoms with Crippen LogP contribution in [0.5, 0.6) is 5.88 Å². The molecule has 38 heavy (non-hydrogen) atoms. The summed E-state index contributed by atoms with van der Waals surface area (Å²) in [6, 6.07) is 9.30. The molecule has 1 amide bonds. The number of nitrogens with one attached hydrogen (secondary N) is 4. The number of aromatic nitrogens is 2. The van der Waals surface area contributed by atoms with E-state index in [9.17, 15) is 9.59 Å². The number of aromatic amines is 1. The average Bonchev–Trinajstić information content (AvgIpc) is 2.94. The predicted octanol–water partition coefficient (Wildman–Crippen LogP) is 2.38. The number of nitrogens with zero attached hydrogens (tertiary/aromatic N) is 3. The number of hydrogen-bond donors (Lipinski definition) is 5. The van der Waals surface area contributed by atoms with E-state index in [4.69, 9.17) is 9.84 Å². The maximum Gasteiger partial charge on any atom is 0.263 e. The molecule has 2 aliphatic rings. The predicted molar refractivity (Wildman–Crippen MR) is 148 cm³/mol. The van der Waals surface area contributed by atoms with Crippen LogP contribution < -0.4 is 31.1 Å². The zero-order valence-corrected chi connectivity index (χ0v) is 21.4. The molecule has 0 bridgehead atoms. The summed E-state index contributed by atoms with van der Waals surface area (Å²) in [5, 5.41) is 18.4. The van der Waals surface area contributed by atoms with Crippen LogP contribution in [0.25, 0.3) is 0 Å². The lowest BCUT2D eigenvalue weighted by molar-refractivity contribution is 0.102. The number of carbonyl (C=O) groups excluding carboxylic acids is 1. The molecule has 11 nitrogen and oxygen atoms in total. The van der Waals surface area contributed by atoms with Crippen LogP contribution in [0.3, 0.4) is 0 Å². The first-order valence-corrected chi connectivity index (χ1v) is 12.9. The van der Waals surface area contributed by atoms with Gasteiger partial charge in [-0.15, -0.1) is 0 Å². The van der Waals surface area contributed by atoms with Crippen LogP contribution in [0.15, 0.2) is 47.5 Å². The first-order chi connectivity index (χ1) is 18.5. The number of benzene rings is 1. The Morgan fingerprint density at radius 2 is 1.92 bits per heavy atom. The molecule has 3 aromatic rings. The number of aliphatic hydroxyl groups is 1. The summed E-state index contributed by atoms with van der Waals surface area (Å²) in [5.41, 5.74) is 3.89. The molecule has 5 N–H and O–H groups in total. The second-order valence-electron chi connectivity index (χ2n) is 9.38. The highest BCUT2D eigenvalue weighted by molar-refractivity contribution is 6.08. The number of hydrogen-bond acceptors (Lipinski definition) is 9. The number of pyridine rings is 2. The molecule has 1 fully saturated rings. The van der Waals surface area contributed by atoms with Crippen molar-refractivity contribution in [3.63, 3.8) is 0 Å². The first kappa shape index (κ1) is 25.6. The fraction of sp³-hybridized carbons (Fsp3) is 0.370. The number of anilines is 5. The third-order valence-electron chi connectivity index (χ3n) is 6.90. The van der Waals surface area contributed by atoms with Gasteiger partial charge < -0.3 is 35.7 Å². The van der Waals surface area contributed by atoms with Gasteiger partial charge in [-0.2, -0.15) is 0 Å². The van der Waals surface area contributed by atoms with Crippen LogP contribution in [-0.4, -0.2) is 78.4 Å². The fourth-order valence-corrected chi connectivity index (χ4v) is 4.77. The van der Waals surface area contributed by atoms with Crippen molar-refractivity contribution < 1.29 is 14.6 Å². The Labute approximate surface area is 220 Å². The molecule has 1 aromatic carbocycles. The molecule has 4 heterocycles. The van der Waals surface area contributed by atoms with E-state index >= 15 is 0 Å². The standard InChI is InChI=1S/C27H33N7O4/c1-18-22(17-30-27-24(18)28-9-16-38-27)32-21-7-8-29-25(36)23(21)26(37)31-19-3-5-20(6-4-19)34-13-11-33(12-14-34)10-2-15-35/h3-8,17,28,35H,2,9-16H2,1H3,(H,31,37)(H2,29,32,36). The van der Waals surface area contributed by atoms with E-state index in [0.717, 1.165) is 56.1 Å². The van der Waals surface area contributed by atoms with Crippen molar-refractivity contribution in [3.05, 3.63) is 64.2 Å². The van der Waals surface area contributed by atoms with E-state index in [1.54, 1.807) is 12.3 Å². The van der Waals surface area contributed by atoms with Crippen LogP contribution >= 0.6 is 0 Å². The zero-order chi connectivity index (χ0) is 26.5. The first-order valence-electron chi connectivity index (χ1n) is 12.9. The normalized spacial score (nSPS) is 15.3. The molecule has 2 aliphatic heterocycles. The number of fused-ring (bicyclic) bond motifs is 1. The highest BCUT2D eigenvalue weighted by Gasteiger charge is 2.21. The van der Waals surface area contributed by atoms with Gasteiger partial charge >= 0.3 is 0 Å². The third kappa shape index (κ3) is 5.58. The van der Waals surface area contributed by atoms with E-state index in [1.165, 1.54) is 6.20 Å². The summed E-state index contributed by atoms with van der Waals surface area (Å²) in [5.74, 6) is 0.0276. The number of carbonyl (C=O) groups is 1. The molecular weight excluding hydrogens is 486 g/mol. The minimum absolute atomic E-state index is 0.0168. The lowest BCUT2D eigenvalue weighted by Crippen LogP contribution is -2.46. The number of H-pyrrole nitrogens is 1. The number of ether oxygens (including phenoxy) is 1.